The van der Waals surface area contributed by atoms with Gasteiger partial charge >= 0.3 is 5.97 Å². The van der Waals surface area contributed by atoms with Gasteiger partial charge in [-0.3, -0.25) is 4.79 Å². The Kier molecular flexibility index (Phi) is 8.95. The molecule has 1 amide bonds. The van der Waals surface area contributed by atoms with Crippen molar-refractivity contribution in [2.45, 2.75) is 58.1 Å². The van der Waals surface area contributed by atoms with Gasteiger partial charge in [0.05, 0.1) is 24.8 Å². The number of carbonyl (C=O) groups is 2. The number of ether oxygens (including phenoxy) is 1. The number of amides is 1. The molecule has 0 aromatic heterocycles. The summed E-state index contributed by atoms with van der Waals surface area (Å²) in [4.78, 5) is 25.7. The predicted octanol–water partition coefficient (Wildman–Crippen LogP) is 3.36. The lowest BCUT2D eigenvalue weighted by Gasteiger charge is -2.23. The summed E-state index contributed by atoms with van der Waals surface area (Å²) in [5, 5.41) is 10.3. The van der Waals surface area contributed by atoms with Crippen LogP contribution in [0.4, 0.5) is 0 Å². The average Bonchev–Trinajstić information content (AvgIpc) is 3.09. The van der Waals surface area contributed by atoms with Crippen LogP contribution in [0.2, 0.25) is 0 Å². The lowest BCUT2D eigenvalue weighted by atomic mass is 10.00. The van der Waals surface area contributed by atoms with Gasteiger partial charge in [-0.15, -0.1) is 11.8 Å². The van der Waals surface area contributed by atoms with Gasteiger partial charge in [0.25, 0.3) is 0 Å². The topological polar surface area (TPSA) is 66.8 Å². The summed E-state index contributed by atoms with van der Waals surface area (Å²) < 4.78 is 4.71. The third-order valence-corrected chi connectivity index (χ3v) is 5.23. The molecule has 0 bridgehead atoms. The molecule has 1 heterocycles. The van der Waals surface area contributed by atoms with E-state index in [9.17, 15) is 14.7 Å². The van der Waals surface area contributed by atoms with E-state index >= 15 is 0 Å². The smallest absolute Gasteiger partial charge is 0.337 e. The summed E-state index contributed by atoms with van der Waals surface area (Å²) in [6.07, 6.45) is 6.70. The lowest BCUT2D eigenvalue weighted by molar-refractivity contribution is -0.128. The minimum atomic E-state index is -0.565. The van der Waals surface area contributed by atoms with Crippen molar-refractivity contribution in [3.63, 3.8) is 0 Å². The largest absolute Gasteiger partial charge is 0.465 e. The highest BCUT2D eigenvalue weighted by Crippen LogP contribution is 2.21. The molecule has 1 aromatic rings. The van der Waals surface area contributed by atoms with Crippen LogP contribution in [-0.4, -0.2) is 47.7 Å². The average molecular weight is 398 g/mol. The van der Waals surface area contributed by atoms with E-state index in [4.69, 9.17) is 4.74 Å². The highest BCUT2D eigenvalue weighted by molar-refractivity contribution is 5.89. The summed E-state index contributed by atoms with van der Waals surface area (Å²) in [5.74, 6) is 5.94. The predicted molar refractivity (Wildman–Crippen MR) is 113 cm³/mol. The summed E-state index contributed by atoms with van der Waals surface area (Å²) in [6.45, 7) is 4.60. The SMILES string of the molecule is CCC#CC[C@H](C)[C@H](O)/C=C/[C@H]1CCC(=O)N1CCc1ccc(C(=O)OC)cc1. The Bertz CT molecular complexity index is 772. The number of nitrogens with zero attached hydrogens (tertiary/aromatic N) is 1. The number of hydrogen-bond donors (Lipinski definition) is 1. The fourth-order valence-corrected chi connectivity index (χ4v) is 3.33. The van der Waals surface area contributed by atoms with Crippen LogP contribution in [0.3, 0.4) is 0 Å². The second-order valence-electron chi connectivity index (χ2n) is 7.40. The molecule has 0 aliphatic carbocycles. The minimum Gasteiger partial charge on any atom is -0.465 e. The molecule has 2 rings (SSSR count). The number of aliphatic hydroxyl groups excluding tert-OH is 1. The Hall–Kier alpha value is -2.58. The maximum atomic E-state index is 12.3. The molecule has 0 spiro atoms. The zero-order valence-electron chi connectivity index (χ0n) is 17.6. The van der Waals surface area contributed by atoms with E-state index < -0.39 is 6.10 Å². The number of hydrogen-bond acceptors (Lipinski definition) is 4. The quantitative estimate of drug-likeness (QED) is 0.415. The van der Waals surface area contributed by atoms with E-state index in [1.165, 1.54) is 7.11 Å². The first-order valence-electron chi connectivity index (χ1n) is 10.2. The van der Waals surface area contributed by atoms with Crippen molar-refractivity contribution in [2.24, 2.45) is 5.92 Å². The van der Waals surface area contributed by atoms with Crippen LogP contribution in [0.5, 0.6) is 0 Å². The van der Waals surface area contributed by atoms with E-state index in [1.54, 1.807) is 18.2 Å². The zero-order valence-corrected chi connectivity index (χ0v) is 17.6. The van der Waals surface area contributed by atoms with Crippen LogP contribution in [0.25, 0.3) is 0 Å². The molecule has 3 atom stereocenters. The van der Waals surface area contributed by atoms with Crippen molar-refractivity contribution in [1.82, 2.24) is 4.90 Å². The van der Waals surface area contributed by atoms with E-state index in [0.717, 1.165) is 18.4 Å². The van der Waals surface area contributed by atoms with Crippen molar-refractivity contribution < 1.29 is 19.4 Å². The molecule has 29 heavy (non-hydrogen) atoms. The van der Waals surface area contributed by atoms with E-state index in [-0.39, 0.29) is 23.8 Å². The third-order valence-electron chi connectivity index (χ3n) is 5.23. The van der Waals surface area contributed by atoms with Crippen LogP contribution >= 0.6 is 0 Å². The van der Waals surface area contributed by atoms with Crippen molar-refractivity contribution in [2.75, 3.05) is 13.7 Å². The Morgan fingerprint density at radius 1 is 1.34 bits per heavy atom. The first-order chi connectivity index (χ1) is 14.0. The monoisotopic (exact) mass is 397 g/mol. The Morgan fingerprint density at radius 3 is 2.72 bits per heavy atom. The molecule has 0 radical (unpaired) electrons. The van der Waals surface area contributed by atoms with Crippen molar-refractivity contribution in [1.29, 1.82) is 0 Å². The first-order valence-corrected chi connectivity index (χ1v) is 10.2. The summed E-state index contributed by atoms with van der Waals surface area (Å²) in [6, 6.07) is 7.27. The number of methoxy groups -OCH3 is 1. The van der Waals surface area contributed by atoms with Gasteiger partial charge in [0, 0.05) is 25.8 Å². The molecule has 156 valence electrons. The normalized spacial score (nSPS) is 18.4. The van der Waals surface area contributed by atoms with Crippen molar-refractivity contribution >= 4 is 11.9 Å². The van der Waals surface area contributed by atoms with E-state index in [1.807, 2.05) is 37.0 Å². The second-order valence-corrected chi connectivity index (χ2v) is 7.40. The van der Waals surface area contributed by atoms with Crippen molar-refractivity contribution in [3.8, 4) is 11.8 Å². The number of rotatable bonds is 8. The third kappa shape index (κ3) is 6.76. The molecule has 1 saturated heterocycles. The van der Waals surface area contributed by atoms with Gasteiger partial charge in [-0.05, 0) is 36.5 Å². The standard InChI is InChI=1S/C24H31NO4/c1-4-5-6-7-18(2)22(26)14-12-21-13-15-23(27)25(21)17-16-19-8-10-20(11-9-19)24(28)29-3/h8-12,14,18,21-22,26H,4,7,13,15-17H2,1-3H3/b14-12+/t18-,21-,22+/m0/s1. The van der Waals surface area contributed by atoms with Gasteiger partial charge in [-0.25, -0.2) is 4.79 Å². The van der Waals surface area contributed by atoms with Gasteiger partial charge in [0.2, 0.25) is 5.91 Å². The minimum absolute atomic E-state index is 0.0143. The number of aliphatic hydroxyl groups is 1. The number of benzene rings is 1. The molecular formula is C24H31NO4. The van der Waals surface area contributed by atoms with Gasteiger partial charge in [0.1, 0.15) is 0 Å². The molecule has 1 aliphatic rings. The Labute approximate surface area is 173 Å². The second kappa shape index (κ2) is 11.4. The van der Waals surface area contributed by atoms with Gasteiger partial charge in [0.15, 0.2) is 0 Å². The van der Waals surface area contributed by atoms with Crippen LogP contribution in [0, 0.1) is 17.8 Å². The number of esters is 1. The highest BCUT2D eigenvalue weighted by Gasteiger charge is 2.28. The fourth-order valence-electron chi connectivity index (χ4n) is 3.33. The van der Waals surface area contributed by atoms with Gasteiger partial charge in [-0.1, -0.05) is 38.1 Å². The zero-order chi connectivity index (χ0) is 21.2. The molecule has 0 saturated carbocycles. The van der Waals surface area contributed by atoms with Crippen LogP contribution in [-0.2, 0) is 16.0 Å². The molecule has 1 aliphatic heterocycles. The maximum absolute atomic E-state index is 12.3. The molecule has 1 fully saturated rings. The van der Waals surface area contributed by atoms with Gasteiger partial charge in [-0.2, -0.15) is 0 Å². The summed E-state index contributed by atoms with van der Waals surface area (Å²) >= 11 is 0. The van der Waals surface area contributed by atoms with Crippen LogP contribution in [0.15, 0.2) is 36.4 Å². The highest BCUT2D eigenvalue weighted by atomic mass is 16.5. The maximum Gasteiger partial charge on any atom is 0.337 e. The molecule has 1 aromatic carbocycles. The van der Waals surface area contributed by atoms with Crippen LogP contribution < -0.4 is 0 Å². The molecule has 5 heteroatoms. The summed E-state index contributed by atoms with van der Waals surface area (Å²) in [7, 11) is 1.36. The first kappa shape index (κ1) is 22.7. The Morgan fingerprint density at radius 2 is 2.07 bits per heavy atom. The van der Waals surface area contributed by atoms with Gasteiger partial charge < -0.3 is 14.7 Å². The number of likely N-dealkylation sites (tertiary alicyclic amines) is 1. The van der Waals surface area contributed by atoms with E-state index in [0.29, 0.717) is 31.4 Å². The summed E-state index contributed by atoms with van der Waals surface area (Å²) in [5.41, 5.74) is 1.57. The molecule has 0 unspecified atom stereocenters. The lowest BCUT2D eigenvalue weighted by Crippen LogP contribution is -2.34. The van der Waals surface area contributed by atoms with Crippen LogP contribution in [0.1, 0.15) is 55.5 Å². The van der Waals surface area contributed by atoms with E-state index in [2.05, 4.69) is 11.8 Å². The molecule has 1 N–H and O–H groups in total. The molecule has 5 nitrogen and oxygen atoms in total. The number of carbonyl (C=O) groups excluding carboxylic acids is 2. The fraction of sp³-hybridized carbons (Fsp3) is 0.500. The Balaban J connectivity index is 1.92. The molecular weight excluding hydrogens is 366 g/mol. The van der Waals surface area contributed by atoms with Crippen molar-refractivity contribution in [3.05, 3.63) is 47.5 Å².